The molecule has 0 saturated carbocycles. The highest BCUT2D eigenvalue weighted by molar-refractivity contribution is 6.32. The van der Waals surface area contributed by atoms with Gasteiger partial charge in [0, 0.05) is 49.4 Å². The van der Waals surface area contributed by atoms with Crippen molar-refractivity contribution in [2.24, 2.45) is 0 Å². The molecule has 0 unspecified atom stereocenters. The first-order chi connectivity index (χ1) is 14.9. The summed E-state index contributed by atoms with van der Waals surface area (Å²) in [6.45, 7) is 4.20. The maximum atomic E-state index is 12.4. The normalized spacial score (nSPS) is 14.7. The van der Waals surface area contributed by atoms with E-state index < -0.39 is 0 Å². The fourth-order valence-electron chi connectivity index (χ4n) is 3.34. The van der Waals surface area contributed by atoms with Gasteiger partial charge in [-0.25, -0.2) is 0 Å². The minimum Gasteiger partial charge on any atom is -0.504 e. The van der Waals surface area contributed by atoms with E-state index in [-0.39, 0.29) is 23.3 Å². The number of nitrogens with zero attached hydrogens (tertiary/aromatic N) is 2. The van der Waals surface area contributed by atoms with Crippen LogP contribution in [0.2, 0.25) is 5.02 Å². The summed E-state index contributed by atoms with van der Waals surface area (Å²) in [5.41, 5.74) is 1.12. The number of nitrogens with one attached hydrogen (secondary N) is 1. The zero-order chi connectivity index (χ0) is 22.2. The van der Waals surface area contributed by atoms with E-state index in [1.807, 2.05) is 23.1 Å². The van der Waals surface area contributed by atoms with Crippen LogP contribution in [-0.4, -0.2) is 71.1 Å². The zero-order valence-corrected chi connectivity index (χ0v) is 17.9. The highest BCUT2D eigenvalue weighted by Crippen LogP contribution is 2.24. The Labute approximate surface area is 186 Å². The summed E-state index contributed by atoms with van der Waals surface area (Å²) in [5, 5.41) is 22.2. The molecule has 2 aromatic carbocycles. The highest BCUT2D eigenvalue weighted by atomic mass is 35.5. The lowest BCUT2D eigenvalue weighted by Gasteiger charge is -2.34. The number of piperazine rings is 1. The molecule has 1 saturated heterocycles. The molecule has 1 fully saturated rings. The molecule has 0 radical (unpaired) electrons. The van der Waals surface area contributed by atoms with Gasteiger partial charge < -0.3 is 20.4 Å². The summed E-state index contributed by atoms with van der Waals surface area (Å²) < 4.78 is 0. The van der Waals surface area contributed by atoms with E-state index >= 15 is 0 Å². The Hall–Kier alpha value is -3.03. The summed E-state index contributed by atoms with van der Waals surface area (Å²) in [5.74, 6) is -0.893. The van der Waals surface area contributed by atoms with E-state index in [4.69, 9.17) is 11.6 Å². The third kappa shape index (κ3) is 6.47. The number of halogens is 1. The Kier molecular flexibility index (Phi) is 7.92. The lowest BCUT2D eigenvalue weighted by Crippen LogP contribution is -2.48. The molecule has 3 N–H and O–H groups in total. The monoisotopic (exact) mass is 443 g/mol. The smallest absolute Gasteiger partial charge is 0.251 e. The van der Waals surface area contributed by atoms with Crippen LogP contribution in [-0.2, 0) is 4.79 Å². The predicted molar refractivity (Wildman–Crippen MR) is 120 cm³/mol. The van der Waals surface area contributed by atoms with Gasteiger partial charge in [-0.2, -0.15) is 0 Å². The molecule has 2 amide bonds. The van der Waals surface area contributed by atoms with Gasteiger partial charge in [0.2, 0.25) is 5.91 Å². The molecule has 0 aliphatic carbocycles. The van der Waals surface area contributed by atoms with Crippen molar-refractivity contribution in [3.05, 3.63) is 64.7 Å². The van der Waals surface area contributed by atoms with Crippen LogP contribution in [0, 0.1) is 0 Å². The molecule has 164 valence electrons. The number of hydrogen-bond donors (Lipinski definition) is 3. The Morgan fingerprint density at radius 3 is 2.48 bits per heavy atom. The maximum absolute atomic E-state index is 12.4. The summed E-state index contributed by atoms with van der Waals surface area (Å²) in [7, 11) is 0. The molecule has 1 aliphatic rings. The lowest BCUT2D eigenvalue weighted by atomic mass is 10.2. The van der Waals surface area contributed by atoms with Gasteiger partial charge in [0.05, 0.1) is 0 Å². The van der Waals surface area contributed by atoms with Crippen LogP contribution in [0.5, 0.6) is 11.5 Å². The number of amides is 2. The van der Waals surface area contributed by atoms with E-state index in [9.17, 15) is 19.8 Å². The lowest BCUT2D eigenvalue weighted by molar-refractivity contribution is -0.127. The molecule has 0 atom stereocenters. The highest BCUT2D eigenvalue weighted by Gasteiger charge is 2.19. The summed E-state index contributed by atoms with van der Waals surface area (Å²) in [6.07, 6.45) is 4.08. The van der Waals surface area contributed by atoms with Gasteiger partial charge in [0.25, 0.3) is 5.91 Å². The first kappa shape index (κ1) is 22.7. The molecular weight excluding hydrogens is 418 g/mol. The Balaban J connectivity index is 1.35. The molecule has 31 heavy (non-hydrogen) atoms. The van der Waals surface area contributed by atoms with Gasteiger partial charge >= 0.3 is 0 Å². The van der Waals surface area contributed by atoms with Gasteiger partial charge in [-0.3, -0.25) is 14.5 Å². The standard InChI is InChI=1S/C23H26ClN3O4/c24-19-5-2-1-4-17(19)7-9-22(30)27-14-12-26(13-15-27)11-3-10-25-23(31)18-6-8-20(28)21(29)16-18/h1-2,4-9,16,28-29H,3,10-15H2,(H,25,31)/b9-7+. The van der Waals surface area contributed by atoms with Crippen molar-refractivity contribution in [2.75, 3.05) is 39.3 Å². The number of carbonyl (C=O) groups is 2. The molecule has 1 aliphatic heterocycles. The van der Waals surface area contributed by atoms with Crippen molar-refractivity contribution in [2.45, 2.75) is 6.42 Å². The maximum Gasteiger partial charge on any atom is 0.251 e. The van der Waals surface area contributed by atoms with Crippen LogP contribution in [0.3, 0.4) is 0 Å². The van der Waals surface area contributed by atoms with Crippen LogP contribution in [0.15, 0.2) is 48.5 Å². The van der Waals surface area contributed by atoms with Gasteiger partial charge in [-0.05, 0) is 48.9 Å². The second kappa shape index (κ2) is 10.8. The summed E-state index contributed by atoms with van der Waals surface area (Å²) >= 11 is 6.11. The Morgan fingerprint density at radius 2 is 1.77 bits per heavy atom. The van der Waals surface area contributed by atoms with Crippen molar-refractivity contribution in [3.63, 3.8) is 0 Å². The fraction of sp³-hybridized carbons (Fsp3) is 0.304. The number of aromatic hydroxyl groups is 2. The molecule has 1 heterocycles. The van der Waals surface area contributed by atoms with E-state index in [0.29, 0.717) is 30.2 Å². The molecule has 8 heteroatoms. The van der Waals surface area contributed by atoms with Gasteiger partial charge in [0.15, 0.2) is 11.5 Å². The van der Waals surface area contributed by atoms with Crippen molar-refractivity contribution in [1.29, 1.82) is 0 Å². The van der Waals surface area contributed by atoms with Gasteiger partial charge in [-0.1, -0.05) is 29.8 Å². The summed E-state index contributed by atoms with van der Waals surface area (Å²) in [4.78, 5) is 28.6. The van der Waals surface area contributed by atoms with Crippen LogP contribution in [0.1, 0.15) is 22.3 Å². The molecule has 3 rings (SSSR count). The molecule has 0 bridgehead atoms. The summed E-state index contributed by atoms with van der Waals surface area (Å²) in [6, 6.07) is 11.4. The van der Waals surface area contributed by atoms with E-state index in [1.165, 1.54) is 18.2 Å². The van der Waals surface area contributed by atoms with Gasteiger partial charge in [0.1, 0.15) is 0 Å². The Bertz CT molecular complexity index is 956. The third-order valence-corrected chi connectivity index (χ3v) is 5.51. The quantitative estimate of drug-likeness (QED) is 0.347. The zero-order valence-electron chi connectivity index (χ0n) is 17.1. The number of benzene rings is 2. The van der Waals surface area contributed by atoms with Crippen LogP contribution in [0.25, 0.3) is 6.08 Å². The Morgan fingerprint density at radius 1 is 1.03 bits per heavy atom. The number of rotatable bonds is 7. The number of phenols is 2. The van der Waals surface area contributed by atoms with Crippen molar-refractivity contribution in [1.82, 2.24) is 15.1 Å². The molecule has 2 aromatic rings. The minimum atomic E-state index is -0.318. The predicted octanol–water partition coefficient (Wildman–Crippen LogP) is 2.73. The fourth-order valence-corrected chi connectivity index (χ4v) is 3.54. The average Bonchev–Trinajstić information content (AvgIpc) is 2.78. The van der Waals surface area contributed by atoms with Crippen LogP contribution < -0.4 is 5.32 Å². The second-order valence-corrected chi connectivity index (χ2v) is 7.74. The van der Waals surface area contributed by atoms with Crippen molar-refractivity contribution < 1.29 is 19.8 Å². The first-order valence-electron chi connectivity index (χ1n) is 10.2. The van der Waals surface area contributed by atoms with E-state index in [1.54, 1.807) is 18.2 Å². The number of phenolic OH excluding ortho intramolecular Hbond substituents is 2. The SMILES string of the molecule is O=C(NCCCN1CCN(C(=O)/C=C/c2ccccc2Cl)CC1)c1ccc(O)c(O)c1. The largest absolute Gasteiger partial charge is 0.504 e. The number of hydrogen-bond acceptors (Lipinski definition) is 5. The van der Waals surface area contributed by atoms with Crippen LogP contribution in [0.4, 0.5) is 0 Å². The average molecular weight is 444 g/mol. The topological polar surface area (TPSA) is 93.1 Å². The minimum absolute atomic E-state index is 0.0241. The molecular formula is C23H26ClN3O4. The van der Waals surface area contributed by atoms with Crippen molar-refractivity contribution in [3.8, 4) is 11.5 Å². The first-order valence-corrected chi connectivity index (χ1v) is 10.6. The van der Waals surface area contributed by atoms with Crippen LogP contribution >= 0.6 is 11.6 Å². The van der Waals surface area contributed by atoms with Crippen molar-refractivity contribution >= 4 is 29.5 Å². The second-order valence-electron chi connectivity index (χ2n) is 7.33. The van der Waals surface area contributed by atoms with E-state index in [2.05, 4.69) is 10.2 Å². The molecule has 0 spiro atoms. The number of carbonyl (C=O) groups excluding carboxylic acids is 2. The molecule has 0 aromatic heterocycles. The van der Waals surface area contributed by atoms with E-state index in [0.717, 1.165) is 31.6 Å². The van der Waals surface area contributed by atoms with Gasteiger partial charge in [-0.15, -0.1) is 0 Å². The third-order valence-electron chi connectivity index (χ3n) is 5.17. The molecule has 7 nitrogen and oxygen atoms in total.